The third kappa shape index (κ3) is 5.61. The molecule has 31 heavy (non-hydrogen) atoms. The average molecular weight is 461 g/mol. The third-order valence-corrected chi connectivity index (χ3v) is 8.03. The highest BCUT2D eigenvalue weighted by molar-refractivity contribution is 7.89. The molecule has 0 N–H and O–H groups in total. The summed E-state index contributed by atoms with van der Waals surface area (Å²) in [7, 11) is -4.06. The number of benzene rings is 1. The quantitative estimate of drug-likeness (QED) is 0.601. The zero-order valence-corrected chi connectivity index (χ0v) is 19.0. The highest BCUT2D eigenvalue weighted by atomic mass is 32.2. The predicted octanol–water partition coefficient (Wildman–Crippen LogP) is 4.53. The van der Waals surface area contributed by atoms with Gasteiger partial charge in [-0.15, -0.1) is 0 Å². The second-order valence-electron chi connectivity index (χ2n) is 9.18. The third-order valence-electron chi connectivity index (χ3n) is 6.03. The fraction of sp³-hybridized carbons (Fsp3) is 0.682. The van der Waals surface area contributed by atoms with Gasteiger partial charge in [0.1, 0.15) is 0 Å². The van der Waals surface area contributed by atoms with Crippen LogP contribution >= 0.6 is 0 Å². The molecule has 1 aromatic rings. The van der Waals surface area contributed by atoms with E-state index >= 15 is 0 Å². The van der Waals surface area contributed by atoms with Crippen LogP contribution in [0.5, 0.6) is 0 Å². The zero-order chi connectivity index (χ0) is 23.0. The summed E-state index contributed by atoms with van der Waals surface area (Å²) in [5.74, 6) is 0.426. The van der Waals surface area contributed by atoms with Gasteiger partial charge in [0.2, 0.25) is 15.9 Å². The largest absolute Gasteiger partial charge is 0.416 e. The van der Waals surface area contributed by atoms with Crippen molar-refractivity contribution in [2.45, 2.75) is 76.0 Å². The van der Waals surface area contributed by atoms with Crippen LogP contribution in [0.4, 0.5) is 13.2 Å². The van der Waals surface area contributed by atoms with E-state index in [0.717, 1.165) is 24.6 Å². The molecule has 1 amide bonds. The Morgan fingerprint density at radius 1 is 1.10 bits per heavy atom. The van der Waals surface area contributed by atoms with E-state index in [-0.39, 0.29) is 28.8 Å². The molecule has 9 heteroatoms. The number of sulfonamides is 1. The summed E-state index contributed by atoms with van der Waals surface area (Å²) in [6, 6.07) is 3.48. The number of halogens is 3. The molecule has 1 saturated carbocycles. The van der Waals surface area contributed by atoms with Gasteiger partial charge in [-0.2, -0.15) is 17.5 Å². The molecule has 0 radical (unpaired) electrons. The highest BCUT2D eigenvalue weighted by Gasteiger charge is 2.44. The van der Waals surface area contributed by atoms with Crippen LogP contribution in [0.1, 0.15) is 58.4 Å². The summed E-state index contributed by atoms with van der Waals surface area (Å²) in [6.45, 7) is 6.99. The first-order chi connectivity index (χ1) is 14.4. The lowest BCUT2D eigenvalue weighted by atomic mass is 9.96. The van der Waals surface area contributed by atoms with Crippen molar-refractivity contribution in [3.8, 4) is 0 Å². The van der Waals surface area contributed by atoms with Crippen LogP contribution in [0.2, 0.25) is 0 Å². The van der Waals surface area contributed by atoms with Crippen molar-refractivity contribution in [3.63, 3.8) is 0 Å². The van der Waals surface area contributed by atoms with Crippen molar-refractivity contribution < 1.29 is 26.4 Å². The maximum absolute atomic E-state index is 13.3. The SMILES string of the molecule is CC(C)CC(C)C(=O)N1CCC(N(C2CC2)S(=O)(=O)c2cccc(C(F)(F)F)c2)CC1. The molecule has 0 bridgehead atoms. The smallest absolute Gasteiger partial charge is 0.342 e. The Morgan fingerprint density at radius 3 is 2.19 bits per heavy atom. The number of piperidine rings is 1. The number of rotatable bonds is 7. The second kappa shape index (κ2) is 9.10. The Kier molecular flexibility index (Phi) is 7.05. The van der Waals surface area contributed by atoms with E-state index < -0.39 is 21.8 Å². The van der Waals surface area contributed by atoms with E-state index in [1.807, 2.05) is 6.92 Å². The molecule has 1 aliphatic carbocycles. The first-order valence-electron chi connectivity index (χ1n) is 10.9. The molecule has 1 heterocycles. The van der Waals surface area contributed by atoms with E-state index in [9.17, 15) is 26.4 Å². The Hall–Kier alpha value is -1.61. The maximum Gasteiger partial charge on any atom is 0.416 e. The van der Waals surface area contributed by atoms with Gasteiger partial charge in [0, 0.05) is 31.1 Å². The molecule has 1 unspecified atom stereocenters. The first-order valence-corrected chi connectivity index (χ1v) is 12.3. The summed E-state index contributed by atoms with van der Waals surface area (Å²) in [5, 5.41) is 0. The number of alkyl halides is 3. The zero-order valence-electron chi connectivity index (χ0n) is 18.2. The van der Waals surface area contributed by atoms with E-state index in [4.69, 9.17) is 0 Å². The maximum atomic E-state index is 13.3. The van der Waals surface area contributed by atoms with Crippen LogP contribution in [0.25, 0.3) is 0 Å². The van der Waals surface area contributed by atoms with Crippen molar-refractivity contribution >= 4 is 15.9 Å². The van der Waals surface area contributed by atoms with Gasteiger partial charge in [0.05, 0.1) is 10.5 Å². The van der Waals surface area contributed by atoms with Crippen molar-refractivity contribution in [1.82, 2.24) is 9.21 Å². The molecule has 2 fully saturated rings. The monoisotopic (exact) mass is 460 g/mol. The van der Waals surface area contributed by atoms with E-state index in [0.29, 0.717) is 44.7 Å². The Bertz CT molecular complexity index is 890. The minimum atomic E-state index is -4.60. The molecule has 174 valence electrons. The first kappa shape index (κ1) is 24.0. The van der Waals surface area contributed by atoms with Crippen LogP contribution in [-0.2, 0) is 21.0 Å². The molecule has 1 saturated heterocycles. The van der Waals surface area contributed by atoms with E-state index in [1.54, 1.807) is 4.90 Å². The van der Waals surface area contributed by atoms with E-state index in [2.05, 4.69) is 13.8 Å². The number of likely N-dealkylation sites (tertiary alicyclic amines) is 1. The average Bonchev–Trinajstić information content (AvgIpc) is 3.51. The van der Waals surface area contributed by atoms with Gasteiger partial charge >= 0.3 is 6.18 Å². The molecule has 1 aliphatic heterocycles. The van der Waals surface area contributed by atoms with E-state index in [1.165, 1.54) is 10.4 Å². The van der Waals surface area contributed by atoms with Gasteiger partial charge in [-0.05, 0) is 56.2 Å². The summed E-state index contributed by atoms with van der Waals surface area (Å²) in [4.78, 5) is 14.2. The van der Waals surface area contributed by atoms with Crippen LogP contribution in [0.15, 0.2) is 29.2 Å². The lowest BCUT2D eigenvalue weighted by Gasteiger charge is -2.39. The van der Waals surface area contributed by atoms with Gasteiger partial charge in [0.25, 0.3) is 0 Å². The van der Waals surface area contributed by atoms with Crippen LogP contribution in [-0.4, -0.2) is 48.7 Å². The summed E-state index contributed by atoms with van der Waals surface area (Å²) in [6.07, 6.45) is -1.39. The van der Waals surface area contributed by atoms with Crippen molar-refractivity contribution in [2.75, 3.05) is 13.1 Å². The number of hydrogen-bond donors (Lipinski definition) is 0. The number of hydrogen-bond acceptors (Lipinski definition) is 3. The summed E-state index contributed by atoms with van der Waals surface area (Å²) in [5.41, 5.74) is -0.969. The molecule has 2 aliphatic rings. The lowest BCUT2D eigenvalue weighted by molar-refractivity contribution is -0.138. The number of carbonyl (C=O) groups excluding carboxylic acids is 1. The highest BCUT2D eigenvalue weighted by Crippen LogP contribution is 2.38. The normalized spacial score (nSPS) is 19.8. The molecule has 1 aromatic carbocycles. The lowest BCUT2D eigenvalue weighted by Crippen LogP contribution is -2.50. The van der Waals surface area contributed by atoms with Crippen molar-refractivity contribution in [3.05, 3.63) is 29.8 Å². The number of nitrogens with zero attached hydrogens (tertiary/aromatic N) is 2. The molecule has 5 nitrogen and oxygen atoms in total. The predicted molar refractivity (Wildman–Crippen MR) is 112 cm³/mol. The fourth-order valence-electron chi connectivity index (χ4n) is 4.43. The summed E-state index contributed by atoms with van der Waals surface area (Å²) < 4.78 is 67.3. The van der Waals surface area contributed by atoms with Crippen molar-refractivity contribution in [1.29, 1.82) is 0 Å². The minimum absolute atomic E-state index is 0.0788. The van der Waals surface area contributed by atoms with Gasteiger partial charge in [-0.3, -0.25) is 4.79 Å². The number of amides is 1. The Morgan fingerprint density at radius 2 is 1.68 bits per heavy atom. The van der Waals surface area contributed by atoms with Gasteiger partial charge in [0.15, 0.2) is 0 Å². The Balaban J connectivity index is 1.75. The Labute approximate surface area is 182 Å². The summed E-state index contributed by atoms with van der Waals surface area (Å²) >= 11 is 0. The van der Waals surface area contributed by atoms with Gasteiger partial charge in [-0.25, -0.2) is 8.42 Å². The topological polar surface area (TPSA) is 57.7 Å². The fourth-order valence-corrected chi connectivity index (χ4v) is 6.41. The van der Waals surface area contributed by atoms with Crippen LogP contribution < -0.4 is 0 Å². The molecule has 0 aromatic heterocycles. The second-order valence-corrected chi connectivity index (χ2v) is 11.0. The standard InChI is InChI=1S/C22H31F3N2O3S/c1-15(2)13-16(3)21(28)26-11-9-19(10-12-26)27(18-7-8-18)31(29,30)20-6-4-5-17(14-20)22(23,24)25/h4-6,14-16,18-19H,7-13H2,1-3H3. The molecule has 3 rings (SSSR count). The molecule has 1 atom stereocenters. The minimum Gasteiger partial charge on any atom is -0.342 e. The van der Waals surface area contributed by atoms with Crippen LogP contribution in [0.3, 0.4) is 0 Å². The van der Waals surface area contributed by atoms with Crippen LogP contribution in [0, 0.1) is 11.8 Å². The molecular formula is C22H31F3N2O3S. The number of carbonyl (C=O) groups is 1. The van der Waals surface area contributed by atoms with Gasteiger partial charge < -0.3 is 4.90 Å². The van der Waals surface area contributed by atoms with Gasteiger partial charge in [-0.1, -0.05) is 26.8 Å². The molecular weight excluding hydrogens is 429 g/mol. The molecule has 0 spiro atoms. The van der Waals surface area contributed by atoms with Crippen molar-refractivity contribution in [2.24, 2.45) is 11.8 Å².